The van der Waals surface area contributed by atoms with Crippen LogP contribution in [0, 0.1) is 5.21 Å². The van der Waals surface area contributed by atoms with Gasteiger partial charge in [-0.05, 0) is 0 Å². The molecule has 9 nitrogen and oxygen atoms in total. The molecule has 0 bridgehead atoms. The summed E-state index contributed by atoms with van der Waals surface area (Å²) in [6, 6.07) is 0. The number of alkyl halides is 3. The van der Waals surface area contributed by atoms with Crippen LogP contribution < -0.4 is 11.2 Å². The monoisotopic (exact) mass is 326 g/mol. The maximum Gasteiger partial charge on any atom is 0.411 e. The molecule has 1 amide bonds. The van der Waals surface area contributed by atoms with Crippen molar-refractivity contribution in [3.63, 3.8) is 0 Å². The highest BCUT2D eigenvalue weighted by atomic mass is 19.4. The zero-order valence-corrected chi connectivity index (χ0v) is 11.3. The first-order valence-corrected chi connectivity index (χ1v) is 5.79. The van der Waals surface area contributed by atoms with Crippen molar-refractivity contribution in [3.05, 3.63) is 16.6 Å². The number of carbonyl (C=O) groups excluding carboxylic acids is 2. The van der Waals surface area contributed by atoms with E-state index in [1.807, 2.05) is 0 Å². The summed E-state index contributed by atoms with van der Waals surface area (Å²) in [7, 11) is 1.03. The Kier molecular flexibility index (Phi) is 5.84. The van der Waals surface area contributed by atoms with Gasteiger partial charge in [0, 0.05) is 0 Å². The standard InChI is InChI=1S/C10H13F3N4O5/c1-21-9(19)6-5(16-20)7(8(14)18)17(15-6)2-3-22-4-10(11,12)13/h2-4,16H2,1H3,(H2,14,18). The minimum Gasteiger partial charge on any atom is -0.630 e. The fourth-order valence-corrected chi connectivity index (χ4v) is 1.60. The molecule has 22 heavy (non-hydrogen) atoms. The summed E-state index contributed by atoms with van der Waals surface area (Å²) in [4.78, 5) is 22.8. The second-order valence-electron chi connectivity index (χ2n) is 3.98. The van der Waals surface area contributed by atoms with Gasteiger partial charge < -0.3 is 25.9 Å². The van der Waals surface area contributed by atoms with Gasteiger partial charge in [0.15, 0.2) is 11.4 Å². The first kappa shape index (κ1) is 17.9. The number of primary amides is 1. The van der Waals surface area contributed by atoms with Gasteiger partial charge in [0.05, 0.1) is 20.3 Å². The minimum atomic E-state index is -4.50. The smallest absolute Gasteiger partial charge is 0.411 e. The van der Waals surface area contributed by atoms with E-state index in [0.717, 1.165) is 11.8 Å². The van der Waals surface area contributed by atoms with Crippen LogP contribution in [-0.2, 0) is 16.0 Å². The molecule has 124 valence electrons. The quantitative estimate of drug-likeness (QED) is 0.376. The van der Waals surface area contributed by atoms with E-state index >= 15 is 0 Å². The minimum absolute atomic E-state index is 0.187. The molecule has 0 radical (unpaired) electrons. The topological polar surface area (TPSA) is 136 Å². The number of aromatic nitrogens is 2. The van der Waals surface area contributed by atoms with Crippen LogP contribution in [0.15, 0.2) is 0 Å². The van der Waals surface area contributed by atoms with E-state index in [0.29, 0.717) is 0 Å². The van der Waals surface area contributed by atoms with Crippen molar-refractivity contribution < 1.29 is 37.7 Å². The highest BCUT2D eigenvalue weighted by molar-refractivity contribution is 6.01. The maximum absolute atomic E-state index is 11.9. The molecule has 0 aliphatic carbocycles. The number of methoxy groups -OCH3 is 1. The summed E-state index contributed by atoms with van der Waals surface area (Å²) < 4.78 is 45.4. The number of nitrogens with zero attached hydrogens (tertiary/aromatic N) is 2. The van der Waals surface area contributed by atoms with Crippen LogP contribution in [-0.4, -0.2) is 48.2 Å². The third-order valence-corrected chi connectivity index (χ3v) is 2.43. The van der Waals surface area contributed by atoms with Crippen LogP contribution in [0.3, 0.4) is 0 Å². The number of ether oxygens (including phenoxy) is 2. The van der Waals surface area contributed by atoms with Crippen LogP contribution >= 0.6 is 0 Å². The van der Waals surface area contributed by atoms with Crippen LogP contribution in [0.4, 0.5) is 18.9 Å². The van der Waals surface area contributed by atoms with E-state index in [-0.39, 0.29) is 12.0 Å². The fourth-order valence-electron chi connectivity index (χ4n) is 1.60. The van der Waals surface area contributed by atoms with E-state index in [9.17, 15) is 28.0 Å². The molecule has 4 N–H and O–H groups in total. The molecule has 0 saturated heterocycles. The SMILES string of the molecule is COC(=O)c1nn(CCOCC(F)(F)F)c(C(N)=O)c1[NH2+][O-]. The van der Waals surface area contributed by atoms with Crippen molar-refractivity contribution in [3.8, 4) is 0 Å². The third kappa shape index (κ3) is 4.41. The summed E-state index contributed by atoms with van der Waals surface area (Å²) in [5.41, 5.74) is 4.01. The van der Waals surface area contributed by atoms with E-state index in [1.165, 1.54) is 0 Å². The molecule has 0 fully saturated rings. The normalized spacial score (nSPS) is 11.5. The zero-order valence-electron chi connectivity index (χ0n) is 11.3. The first-order chi connectivity index (χ1) is 10.2. The Hall–Kier alpha value is -2.18. The number of esters is 1. The Morgan fingerprint density at radius 3 is 2.55 bits per heavy atom. The third-order valence-electron chi connectivity index (χ3n) is 2.43. The number of hydrogen-bond donors (Lipinski definition) is 2. The molecule has 0 atom stereocenters. The average Bonchev–Trinajstić information content (AvgIpc) is 2.80. The van der Waals surface area contributed by atoms with Gasteiger partial charge in [0.25, 0.3) is 5.91 Å². The lowest BCUT2D eigenvalue weighted by atomic mass is 10.3. The Bertz CT molecular complexity index is 557. The van der Waals surface area contributed by atoms with Crippen molar-refractivity contribution in [2.24, 2.45) is 5.73 Å². The summed E-state index contributed by atoms with van der Waals surface area (Å²) >= 11 is 0. The van der Waals surface area contributed by atoms with Gasteiger partial charge in [-0.25, -0.2) is 4.79 Å². The van der Waals surface area contributed by atoms with Crippen LogP contribution in [0.25, 0.3) is 0 Å². The number of nitrogens with two attached hydrogens (primary N) is 2. The molecule has 0 saturated carbocycles. The summed E-state index contributed by atoms with van der Waals surface area (Å²) in [6.45, 7) is -2.25. The molecule has 1 aromatic heterocycles. The lowest BCUT2D eigenvalue weighted by Crippen LogP contribution is -2.71. The molecule has 1 rings (SSSR count). The number of carbonyl (C=O) groups is 2. The van der Waals surface area contributed by atoms with Gasteiger partial charge in [-0.15, -0.1) is 0 Å². The van der Waals surface area contributed by atoms with Gasteiger partial charge in [0.2, 0.25) is 5.69 Å². The Balaban J connectivity index is 2.96. The highest BCUT2D eigenvalue weighted by Crippen LogP contribution is 2.17. The van der Waals surface area contributed by atoms with Gasteiger partial charge in [0.1, 0.15) is 6.61 Å². The van der Waals surface area contributed by atoms with Crippen molar-refractivity contribution in [2.75, 3.05) is 20.3 Å². The molecule has 1 aromatic rings. The molecule has 0 aliphatic rings. The van der Waals surface area contributed by atoms with Crippen LogP contribution in [0.5, 0.6) is 0 Å². The molecular formula is C10H13F3N4O5. The van der Waals surface area contributed by atoms with E-state index in [2.05, 4.69) is 14.6 Å². The lowest BCUT2D eigenvalue weighted by Gasteiger charge is -2.08. The Morgan fingerprint density at radius 2 is 2.09 bits per heavy atom. The van der Waals surface area contributed by atoms with Crippen molar-refractivity contribution >= 4 is 17.6 Å². The first-order valence-electron chi connectivity index (χ1n) is 5.79. The highest BCUT2D eigenvalue weighted by Gasteiger charge is 2.30. The molecular weight excluding hydrogens is 313 g/mol. The summed E-state index contributed by atoms with van der Waals surface area (Å²) in [5, 5.41) is 14.7. The second kappa shape index (κ2) is 7.20. The number of amides is 1. The van der Waals surface area contributed by atoms with Gasteiger partial charge in [-0.1, -0.05) is 0 Å². The van der Waals surface area contributed by atoms with Crippen molar-refractivity contribution in [1.29, 1.82) is 0 Å². The number of rotatable bonds is 7. The summed E-state index contributed by atoms with van der Waals surface area (Å²) in [6.07, 6.45) is -4.50. The fraction of sp³-hybridized carbons (Fsp3) is 0.500. The summed E-state index contributed by atoms with van der Waals surface area (Å²) in [5.74, 6) is -2.06. The number of hydrogen-bond acceptors (Lipinski definition) is 6. The van der Waals surface area contributed by atoms with E-state index in [1.54, 1.807) is 0 Å². The van der Waals surface area contributed by atoms with Crippen LogP contribution in [0.1, 0.15) is 21.0 Å². The Morgan fingerprint density at radius 1 is 1.45 bits per heavy atom. The van der Waals surface area contributed by atoms with Gasteiger partial charge >= 0.3 is 12.1 Å². The maximum atomic E-state index is 11.9. The van der Waals surface area contributed by atoms with Gasteiger partial charge in [-0.2, -0.15) is 18.3 Å². The molecule has 0 unspecified atom stereocenters. The number of halogens is 3. The van der Waals surface area contributed by atoms with Crippen molar-refractivity contribution in [1.82, 2.24) is 9.78 Å². The average molecular weight is 326 g/mol. The molecule has 1 heterocycles. The van der Waals surface area contributed by atoms with Gasteiger partial charge in [-0.3, -0.25) is 9.48 Å². The number of quaternary nitrogens is 1. The predicted molar refractivity (Wildman–Crippen MR) is 63.9 cm³/mol. The van der Waals surface area contributed by atoms with E-state index in [4.69, 9.17) is 5.73 Å². The van der Waals surface area contributed by atoms with Crippen LogP contribution in [0.2, 0.25) is 0 Å². The van der Waals surface area contributed by atoms with E-state index < -0.39 is 48.3 Å². The largest absolute Gasteiger partial charge is 0.630 e. The predicted octanol–water partition coefficient (Wildman–Crippen LogP) is -0.960. The Labute approximate surface area is 121 Å². The second-order valence-corrected chi connectivity index (χ2v) is 3.98. The molecule has 0 aliphatic heterocycles. The molecule has 12 heteroatoms. The zero-order chi connectivity index (χ0) is 16.9. The molecule has 0 spiro atoms. The lowest BCUT2D eigenvalue weighted by molar-refractivity contribution is -0.497. The van der Waals surface area contributed by atoms with Crippen molar-refractivity contribution in [2.45, 2.75) is 12.7 Å². The molecule has 0 aromatic carbocycles.